The lowest BCUT2D eigenvalue weighted by Crippen LogP contribution is -2.00. The number of aromatic carboxylic acids is 1. The van der Waals surface area contributed by atoms with E-state index in [1.165, 1.54) is 11.8 Å². The summed E-state index contributed by atoms with van der Waals surface area (Å²) < 4.78 is 7.27. The molecule has 8 heteroatoms. The molecule has 0 saturated carbocycles. The zero-order valence-electron chi connectivity index (χ0n) is 11.1. The van der Waals surface area contributed by atoms with Gasteiger partial charge in [-0.1, -0.05) is 30.0 Å². The number of aromatic nitrogens is 3. The molecule has 2 heterocycles. The molecule has 0 aliphatic rings. The third-order valence-corrected chi connectivity index (χ3v) is 4.10. The predicted molar refractivity (Wildman–Crippen MR) is 78.1 cm³/mol. The first-order valence-corrected chi connectivity index (χ1v) is 7.08. The fourth-order valence-corrected chi connectivity index (χ4v) is 2.86. The van der Waals surface area contributed by atoms with Gasteiger partial charge < -0.3 is 15.3 Å². The van der Waals surface area contributed by atoms with Crippen molar-refractivity contribution in [2.24, 2.45) is 7.05 Å². The van der Waals surface area contributed by atoms with E-state index in [0.29, 0.717) is 33.6 Å². The van der Waals surface area contributed by atoms with Gasteiger partial charge in [0.25, 0.3) is 0 Å². The Hall–Kier alpha value is -2.48. The van der Waals surface area contributed by atoms with Crippen LogP contribution in [-0.2, 0) is 12.8 Å². The lowest BCUT2D eigenvalue weighted by molar-refractivity contribution is 0.0697. The number of fused-ring (bicyclic) bond motifs is 1. The highest BCUT2D eigenvalue weighted by molar-refractivity contribution is 7.98. The number of nitrogens with two attached hydrogens (primary N) is 1. The first-order valence-electron chi connectivity index (χ1n) is 6.09. The Bertz CT molecular complexity index is 824. The second-order valence-electron chi connectivity index (χ2n) is 4.39. The molecule has 3 rings (SSSR count). The van der Waals surface area contributed by atoms with Gasteiger partial charge in [0.2, 0.25) is 5.95 Å². The van der Waals surface area contributed by atoms with Crippen LogP contribution < -0.4 is 5.73 Å². The molecule has 21 heavy (non-hydrogen) atoms. The Morgan fingerprint density at radius 1 is 1.43 bits per heavy atom. The van der Waals surface area contributed by atoms with Crippen LogP contribution in [0.1, 0.15) is 16.1 Å². The second-order valence-corrected chi connectivity index (χ2v) is 5.33. The van der Waals surface area contributed by atoms with Crippen LogP contribution in [0.2, 0.25) is 0 Å². The van der Waals surface area contributed by atoms with Crippen molar-refractivity contribution in [1.82, 2.24) is 14.8 Å². The van der Waals surface area contributed by atoms with Crippen molar-refractivity contribution in [2.45, 2.75) is 10.9 Å². The highest BCUT2D eigenvalue weighted by atomic mass is 32.2. The number of rotatable bonds is 4. The number of hydrogen-bond acceptors (Lipinski definition) is 6. The molecule has 3 N–H and O–H groups in total. The summed E-state index contributed by atoms with van der Waals surface area (Å²) in [5.41, 5.74) is 6.35. The Morgan fingerprint density at radius 3 is 2.86 bits per heavy atom. The fraction of sp³-hybridized carbons (Fsp3) is 0.154. The van der Waals surface area contributed by atoms with E-state index in [-0.39, 0.29) is 5.56 Å². The first-order chi connectivity index (χ1) is 10.1. The number of nitrogens with zero attached hydrogens (tertiary/aromatic N) is 3. The average Bonchev–Trinajstić information content (AvgIpc) is 2.98. The van der Waals surface area contributed by atoms with Gasteiger partial charge in [-0.05, 0) is 6.07 Å². The molecule has 1 aromatic carbocycles. The molecule has 0 aliphatic heterocycles. The number of anilines is 1. The number of nitrogen functional groups attached to an aromatic ring is 1. The number of carbonyl (C=O) groups is 1. The summed E-state index contributed by atoms with van der Waals surface area (Å²) in [5.74, 6) is 0.0336. The molecular formula is C13H12N4O3S. The van der Waals surface area contributed by atoms with E-state index in [1.807, 2.05) is 0 Å². The Kier molecular flexibility index (Phi) is 3.30. The number of hydrogen-bond donors (Lipinski definition) is 2. The van der Waals surface area contributed by atoms with Gasteiger partial charge >= 0.3 is 5.97 Å². The summed E-state index contributed by atoms with van der Waals surface area (Å²) in [7, 11) is 1.74. The summed E-state index contributed by atoms with van der Waals surface area (Å²) in [6, 6.07) is 7.06. The van der Waals surface area contributed by atoms with Gasteiger partial charge in [0.05, 0.1) is 5.75 Å². The van der Waals surface area contributed by atoms with Crippen LogP contribution >= 0.6 is 11.8 Å². The van der Waals surface area contributed by atoms with Crippen molar-refractivity contribution in [3.63, 3.8) is 0 Å². The molecule has 0 amide bonds. The molecule has 0 saturated heterocycles. The van der Waals surface area contributed by atoms with E-state index in [4.69, 9.17) is 10.2 Å². The lowest BCUT2D eigenvalue weighted by Gasteiger charge is -2.00. The molecule has 3 aromatic rings. The molecule has 7 nitrogen and oxygen atoms in total. The van der Waals surface area contributed by atoms with Crippen molar-refractivity contribution < 1.29 is 14.3 Å². The van der Waals surface area contributed by atoms with Crippen LogP contribution in [0.3, 0.4) is 0 Å². The minimum absolute atomic E-state index is 0.188. The molecule has 0 unspecified atom stereocenters. The minimum Gasteiger partial charge on any atom is -0.478 e. The summed E-state index contributed by atoms with van der Waals surface area (Å²) >= 11 is 1.32. The summed E-state index contributed by atoms with van der Waals surface area (Å²) in [4.78, 5) is 11.5. The molecule has 108 valence electrons. The molecule has 0 spiro atoms. The first kappa shape index (κ1) is 13.5. The Labute approximate surface area is 123 Å². The molecule has 0 bridgehead atoms. The smallest absolute Gasteiger partial charge is 0.339 e. The topological polar surface area (TPSA) is 107 Å². The van der Waals surface area contributed by atoms with Crippen molar-refractivity contribution in [1.29, 1.82) is 0 Å². The van der Waals surface area contributed by atoms with Gasteiger partial charge in [-0.15, -0.1) is 10.2 Å². The maximum absolute atomic E-state index is 11.5. The number of thioether (sulfide) groups is 1. The normalized spacial score (nSPS) is 11.1. The van der Waals surface area contributed by atoms with Crippen LogP contribution in [-0.4, -0.2) is 25.8 Å². The lowest BCUT2D eigenvalue weighted by atomic mass is 10.1. The predicted octanol–water partition coefficient (Wildman–Crippen LogP) is 2.13. The van der Waals surface area contributed by atoms with Gasteiger partial charge in [-0.2, -0.15) is 0 Å². The molecular weight excluding hydrogens is 292 g/mol. The quantitative estimate of drug-likeness (QED) is 0.711. The molecule has 0 aliphatic carbocycles. The third-order valence-electron chi connectivity index (χ3n) is 3.08. The highest BCUT2D eigenvalue weighted by Crippen LogP contribution is 2.30. The summed E-state index contributed by atoms with van der Waals surface area (Å²) in [5, 5.41) is 18.3. The van der Waals surface area contributed by atoms with Crippen LogP contribution in [0.4, 0.5) is 5.95 Å². The fourth-order valence-electron chi connectivity index (χ4n) is 2.01. The Morgan fingerprint density at radius 2 is 2.19 bits per heavy atom. The largest absolute Gasteiger partial charge is 0.478 e. The van der Waals surface area contributed by atoms with Gasteiger partial charge in [0, 0.05) is 12.4 Å². The minimum atomic E-state index is -1.01. The number of para-hydroxylation sites is 1. The zero-order valence-corrected chi connectivity index (χ0v) is 11.9. The highest BCUT2D eigenvalue weighted by Gasteiger charge is 2.20. The van der Waals surface area contributed by atoms with Gasteiger partial charge in [-0.25, -0.2) is 4.79 Å². The van der Waals surface area contributed by atoms with E-state index >= 15 is 0 Å². The van der Waals surface area contributed by atoms with Crippen LogP contribution in [0.15, 0.2) is 33.8 Å². The van der Waals surface area contributed by atoms with Crippen molar-refractivity contribution in [2.75, 3.05) is 5.73 Å². The summed E-state index contributed by atoms with van der Waals surface area (Å²) in [6.07, 6.45) is 0. The van der Waals surface area contributed by atoms with E-state index in [1.54, 1.807) is 35.9 Å². The number of furan rings is 1. The maximum Gasteiger partial charge on any atom is 0.339 e. The molecule has 2 aromatic heterocycles. The standard InChI is InChI=1S/C13H12N4O3S/c1-17-12(14)15-16-13(17)21-6-9-10(11(18)19)7-4-2-3-5-8(7)20-9/h2-5H,6H2,1H3,(H2,14,15)(H,18,19). The monoisotopic (exact) mass is 304 g/mol. The van der Waals surface area contributed by atoms with E-state index in [2.05, 4.69) is 10.2 Å². The molecule has 0 fully saturated rings. The van der Waals surface area contributed by atoms with Gasteiger partial charge in [-0.3, -0.25) is 4.57 Å². The van der Waals surface area contributed by atoms with Crippen molar-refractivity contribution in [3.05, 3.63) is 35.6 Å². The second kappa shape index (κ2) is 5.13. The SMILES string of the molecule is Cn1c(N)nnc1SCc1oc2ccccc2c1C(=O)O. The molecule has 0 atom stereocenters. The van der Waals surface area contributed by atoms with E-state index in [0.717, 1.165) is 0 Å². The average molecular weight is 304 g/mol. The van der Waals surface area contributed by atoms with E-state index < -0.39 is 5.97 Å². The van der Waals surface area contributed by atoms with Crippen LogP contribution in [0.25, 0.3) is 11.0 Å². The number of carboxylic acids is 1. The summed E-state index contributed by atoms with van der Waals surface area (Å²) in [6.45, 7) is 0. The van der Waals surface area contributed by atoms with E-state index in [9.17, 15) is 9.90 Å². The number of benzene rings is 1. The number of carboxylic acid groups (broad SMARTS) is 1. The van der Waals surface area contributed by atoms with Crippen molar-refractivity contribution >= 4 is 34.6 Å². The maximum atomic E-state index is 11.5. The van der Waals surface area contributed by atoms with Gasteiger partial charge in [0.1, 0.15) is 16.9 Å². The third kappa shape index (κ3) is 2.33. The van der Waals surface area contributed by atoms with Crippen LogP contribution in [0, 0.1) is 0 Å². The van der Waals surface area contributed by atoms with Gasteiger partial charge in [0.15, 0.2) is 5.16 Å². The van der Waals surface area contributed by atoms with Crippen LogP contribution in [0.5, 0.6) is 0 Å². The van der Waals surface area contributed by atoms with Crippen molar-refractivity contribution in [3.8, 4) is 0 Å². The zero-order chi connectivity index (χ0) is 15.0. The Balaban J connectivity index is 1.95. The molecule has 0 radical (unpaired) electrons.